The number of aromatic nitrogens is 1. The minimum Gasteiger partial charge on any atom is -0.497 e. The van der Waals surface area contributed by atoms with Crippen molar-refractivity contribution in [3.63, 3.8) is 0 Å². The highest BCUT2D eigenvalue weighted by atomic mass is 32.2. The zero-order valence-corrected chi connectivity index (χ0v) is 18.7. The lowest BCUT2D eigenvalue weighted by Crippen LogP contribution is -2.45. The van der Waals surface area contributed by atoms with Gasteiger partial charge in [-0.3, -0.25) is 18.5 Å². The number of hydrogen-bond donors (Lipinski definition) is 1. The number of benzene rings is 2. The van der Waals surface area contributed by atoms with Gasteiger partial charge in [0.05, 0.1) is 29.3 Å². The van der Waals surface area contributed by atoms with Crippen molar-refractivity contribution in [3.05, 3.63) is 52.1 Å². The summed E-state index contributed by atoms with van der Waals surface area (Å²) in [6.07, 6.45) is 1.05. The summed E-state index contributed by atoms with van der Waals surface area (Å²) in [7, 11) is -2.21. The molecule has 1 aromatic heterocycles. The minimum absolute atomic E-state index is 0.0629. The SMILES string of the molecule is CCn1c(=O)sc2cc(NC(=O)[C@@H](C)N(c3ccc(OC)cc3)S(C)(=O)=O)ccc21. The Kier molecular flexibility index (Phi) is 6.18. The smallest absolute Gasteiger partial charge is 0.308 e. The Morgan fingerprint density at radius 1 is 1.23 bits per heavy atom. The van der Waals surface area contributed by atoms with E-state index in [0.29, 0.717) is 23.7 Å². The summed E-state index contributed by atoms with van der Waals surface area (Å²) in [6.45, 7) is 3.97. The Bertz CT molecular complexity index is 1230. The molecule has 10 heteroatoms. The molecule has 0 aliphatic rings. The topological polar surface area (TPSA) is 97.7 Å². The summed E-state index contributed by atoms with van der Waals surface area (Å²) in [4.78, 5) is 24.8. The van der Waals surface area contributed by atoms with Crippen LogP contribution >= 0.6 is 11.3 Å². The lowest BCUT2D eigenvalue weighted by molar-refractivity contribution is -0.116. The van der Waals surface area contributed by atoms with Crippen LogP contribution in [0.5, 0.6) is 5.75 Å². The van der Waals surface area contributed by atoms with E-state index in [9.17, 15) is 18.0 Å². The molecule has 160 valence electrons. The van der Waals surface area contributed by atoms with Crippen LogP contribution in [0.25, 0.3) is 10.2 Å². The lowest BCUT2D eigenvalue weighted by Gasteiger charge is -2.28. The summed E-state index contributed by atoms with van der Waals surface area (Å²) in [5.74, 6) is 0.0912. The first kappa shape index (κ1) is 21.8. The maximum atomic E-state index is 12.9. The zero-order chi connectivity index (χ0) is 22.1. The molecule has 1 N–H and O–H groups in total. The van der Waals surface area contributed by atoms with E-state index in [2.05, 4.69) is 5.32 Å². The third-order valence-electron chi connectivity index (χ3n) is 4.67. The second-order valence-electron chi connectivity index (χ2n) is 6.72. The predicted octanol–water partition coefficient (Wildman–Crippen LogP) is 2.88. The Labute approximate surface area is 178 Å². The summed E-state index contributed by atoms with van der Waals surface area (Å²) in [5, 5.41) is 2.75. The van der Waals surface area contributed by atoms with Crippen molar-refractivity contribution in [2.24, 2.45) is 0 Å². The highest BCUT2D eigenvalue weighted by Gasteiger charge is 2.29. The first-order valence-electron chi connectivity index (χ1n) is 9.23. The molecule has 0 fully saturated rings. The van der Waals surface area contributed by atoms with E-state index in [1.165, 1.54) is 14.0 Å². The molecule has 0 aliphatic heterocycles. The van der Waals surface area contributed by atoms with Gasteiger partial charge in [0.1, 0.15) is 11.8 Å². The number of thiazole rings is 1. The molecule has 8 nitrogen and oxygen atoms in total. The second-order valence-corrected chi connectivity index (χ2v) is 9.57. The van der Waals surface area contributed by atoms with Gasteiger partial charge in [0.2, 0.25) is 15.9 Å². The molecule has 1 amide bonds. The molecule has 2 aromatic carbocycles. The van der Waals surface area contributed by atoms with Crippen molar-refractivity contribution < 1.29 is 17.9 Å². The van der Waals surface area contributed by atoms with Crippen LogP contribution in [0, 0.1) is 0 Å². The molecule has 0 aliphatic carbocycles. The standard InChI is InChI=1S/C20H23N3O5S2/c1-5-22-17-11-6-14(12-18(17)29-20(22)25)21-19(24)13(2)23(30(4,26)27)15-7-9-16(28-3)10-8-15/h6-13H,5H2,1-4H3,(H,21,24)/t13-/m1/s1. The molecular weight excluding hydrogens is 426 g/mol. The average Bonchev–Trinajstić information content (AvgIpc) is 3.01. The number of nitrogens with one attached hydrogen (secondary N) is 1. The number of hydrogen-bond acceptors (Lipinski definition) is 6. The first-order chi connectivity index (χ1) is 14.2. The van der Waals surface area contributed by atoms with E-state index in [1.807, 2.05) is 6.92 Å². The highest BCUT2D eigenvalue weighted by molar-refractivity contribution is 7.92. The van der Waals surface area contributed by atoms with E-state index in [-0.39, 0.29) is 4.87 Å². The number of aryl methyl sites for hydroxylation is 1. The Morgan fingerprint density at radius 2 is 1.90 bits per heavy atom. The van der Waals surface area contributed by atoms with Gasteiger partial charge >= 0.3 is 4.87 Å². The quantitative estimate of drug-likeness (QED) is 0.598. The van der Waals surface area contributed by atoms with Crippen LogP contribution < -0.4 is 19.2 Å². The fraction of sp³-hybridized carbons (Fsp3) is 0.300. The number of carbonyl (C=O) groups excluding carboxylic acids is 1. The molecule has 0 spiro atoms. The molecule has 0 radical (unpaired) electrons. The van der Waals surface area contributed by atoms with Gasteiger partial charge < -0.3 is 10.1 Å². The van der Waals surface area contributed by atoms with Crippen LogP contribution in [0.1, 0.15) is 13.8 Å². The Hall–Kier alpha value is -2.85. The van der Waals surface area contributed by atoms with Crippen molar-refractivity contribution >= 4 is 48.9 Å². The number of anilines is 2. The third-order valence-corrected chi connectivity index (χ3v) is 6.85. The number of rotatable bonds is 7. The lowest BCUT2D eigenvalue weighted by atomic mass is 10.2. The molecule has 0 saturated heterocycles. The van der Waals surface area contributed by atoms with Crippen LogP contribution in [-0.4, -0.2) is 38.3 Å². The first-order valence-corrected chi connectivity index (χ1v) is 11.9. The highest BCUT2D eigenvalue weighted by Crippen LogP contribution is 2.25. The van der Waals surface area contributed by atoms with Gasteiger partial charge in [-0.15, -0.1) is 0 Å². The zero-order valence-electron chi connectivity index (χ0n) is 17.1. The summed E-state index contributed by atoms with van der Waals surface area (Å²) < 4.78 is 33.4. The average molecular weight is 450 g/mol. The number of ether oxygens (including phenoxy) is 1. The third kappa shape index (κ3) is 4.34. The number of fused-ring (bicyclic) bond motifs is 1. The van der Waals surface area contributed by atoms with Crippen LogP contribution in [-0.2, 0) is 21.4 Å². The molecule has 0 saturated carbocycles. The van der Waals surface area contributed by atoms with Crippen molar-refractivity contribution in [1.29, 1.82) is 0 Å². The van der Waals surface area contributed by atoms with E-state index < -0.39 is 22.0 Å². The molecule has 3 rings (SSSR count). The maximum Gasteiger partial charge on any atom is 0.308 e. The van der Waals surface area contributed by atoms with Crippen LogP contribution in [0.3, 0.4) is 0 Å². The van der Waals surface area contributed by atoms with E-state index >= 15 is 0 Å². The van der Waals surface area contributed by atoms with Crippen molar-refractivity contribution in [3.8, 4) is 5.75 Å². The van der Waals surface area contributed by atoms with E-state index in [4.69, 9.17) is 4.74 Å². The molecule has 0 unspecified atom stereocenters. The number of sulfonamides is 1. The maximum absolute atomic E-state index is 12.9. The molecule has 1 heterocycles. The molecular formula is C20H23N3O5S2. The second kappa shape index (κ2) is 8.49. The van der Waals surface area contributed by atoms with Crippen LogP contribution in [0.15, 0.2) is 47.3 Å². The molecule has 0 bridgehead atoms. The van der Waals surface area contributed by atoms with E-state index in [0.717, 1.165) is 32.1 Å². The number of methoxy groups -OCH3 is 1. The summed E-state index contributed by atoms with van der Waals surface area (Å²) in [6, 6.07) is 10.6. The Morgan fingerprint density at radius 3 is 2.47 bits per heavy atom. The van der Waals surface area contributed by atoms with Gasteiger partial charge in [0.15, 0.2) is 0 Å². The van der Waals surface area contributed by atoms with Crippen molar-refractivity contribution in [1.82, 2.24) is 4.57 Å². The van der Waals surface area contributed by atoms with Gasteiger partial charge in [0.25, 0.3) is 0 Å². The van der Waals surface area contributed by atoms with Gasteiger partial charge in [-0.25, -0.2) is 8.42 Å². The molecule has 1 atom stereocenters. The van der Waals surface area contributed by atoms with Crippen molar-refractivity contribution in [2.45, 2.75) is 26.4 Å². The van der Waals surface area contributed by atoms with Crippen LogP contribution in [0.4, 0.5) is 11.4 Å². The molecule has 3 aromatic rings. The Balaban J connectivity index is 1.88. The van der Waals surface area contributed by atoms with Gasteiger partial charge in [-0.2, -0.15) is 0 Å². The van der Waals surface area contributed by atoms with Gasteiger partial charge in [-0.05, 0) is 56.3 Å². The normalized spacial score (nSPS) is 12.5. The summed E-state index contributed by atoms with van der Waals surface area (Å²) >= 11 is 1.10. The summed E-state index contributed by atoms with van der Waals surface area (Å²) in [5.41, 5.74) is 1.65. The predicted molar refractivity (Wildman–Crippen MR) is 120 cm³/mol. The number of carbonyl (C=O) groups is 1. The fourth-order valence-corrected chi connectivity index (χ4v) is 5.40. The number of nitrogens with zero attached hydrogens (tertiary/aromatic N) is 2. The fourth-order valence-electron chi connectivity index (χ4n) is 3.23. The minimum atomic E-state index is -3.73. The van der Waals surface area contributed by atoms with E-state index in [1.54, 1.807) is 47.0 Å². The van der Waals surface area contributed by atoms with Gasteiger partial charge in [-0.1, -0.05) is 11.3 Å². The van der Waals surface area contributed by atoms with Gasteiger partial charge in [0, 0.05) is 12.2 Å². The largest absolute Gasteiger partial charge is 0.497 e. The number of amides is 1. The monoisotopic (exact) mass is 449 g/mol. The molecule has 30 heavy (non-hydrogen) atoms. The van der Waals surface area contributed by atoms with Crippen molar-refractivity contribution in [2.75, 3.05) is 23.0 Å². The van der Waals surface area contributed by atoms with Crippen LogP contribution in [0.2, 0.25) is 0 Å².